The zero-order valence-electron chi connectivity index (χ0n) is 11.0. The summed E-state index contributed by atoms with van der Waals surface area (Å²) in [6.07, 6.45) is 2.19. The van der Waals surface area contributed by atoms with Crippen molar-refractivity contribution >= 4 is 5.91 Å². The maximum atomic E-state index is 13.1. The number of amides is 1. The highest BCUT2D eigenvalue weighted by Gasteiger charge is 2.19. The van der Waals surface area contributed by atoms with E-state index in [0.717, 1.165) is 38.1 Å². The molecule has 5 heteroatoms. The SMILES string of the molecule is CN(CC1CCCNC1)C(=O)c1ccc(F)c(F)c1. The molecular weight excluding hydrogens is 250 g/mol. The average molecular weight is 268 g/mol. The van der Waals surface area contributed by atoms with Crippen molar-refractivity contribution in [1.82, 2.24) is 10.2 Å². The first-order valence-corrected chi connectivity index (χ1v) is 6.49. The van der Waals surface area contributed by atoms with Gasteiger partial charge in [-0.1, -0.05) is 0 Å². The molecule has 0 aliphatic carbocycles. The molecule has 0 bridgehead atoms. The van der Waals surface area contributed by atoms with E-state index < -0.39 is 11.6 Å². The first kappa shape index (κ1) is 13.9. The zero-order valence-corrected chi connectivity index (χ0v) is 11.0. The number of carbonyl (C=O) groups is 1. The third-order valence-electron chi connectivity index (χ3n) is 3.44. The maximum absolute atomic E-state index is 13.1. The second-order valence-corrected chi connectivity index (χ2v) is 5.03. The van der Waals surface area contributed by atoms with Crippen LogP contribution in [0.4, 0.5) is 8.78 Å². The van der Waals surface area contributed by atoms with E-state index in [0.29, 0.717) is 12.5 Å². The smallest absolute Gasteiger partial charge is 0.253 e. The van der Waals surface area contributed by atoms with Crippen molar-refractivity contribution in [3.05, 3.63) is 35.4 Å². The van der Waals surface area contributed by atoms with Crippen molar-refractivity contribution in [3.8, 4) is 0 Å². The molecule has 19 heavy (non-hydrogen) atoms. The van der Waals surface area contributed by atoms with Crippen LogP contribution in [0.25, 0.3) is 0 Å². The fourth-order valence-corrected chi connectivity index (χ4v) is 2.40. The number of halogens is 2. The monoisotopic (exact) mass is 268 g/mol. The number of piperidine rings is 1. The minimum atomic E-state index is -0.987. The average Bonchev–Trinajstić information content (AvgIpc) is 2.42. The second-order valence-electron chi connectivity index (χ2n) is 5.03. The van der Waals surface area contributed by atoms with Crippen LogP contribution in [0.15, 0.2) is 18.2 Å². The summed E-state index contributed by atoms with van der Waals surface area (Å²) in [4.78, 5) is 13.7. The summed E-state index contributed by atoms with van der Waals surface area (Å²) >= 11 is 0. The van der Waals surface area contributed by atoms with Gasteiger partial charge in [-0.2, -0.15) is 0 Å². The minimum absolute atomic E-state index is 0.185. The van der Waals surface area contributed by atoms with Crippen molar-refractivity contribution in [2.45, 2.75) is 12.8 Å². The molecule has 1 aromatic rings. The van der Waals surface area contributed by atoms with Gasteiger partial charge in [-0.15, -0.1) is 0 Å². The Morgan fingerprint density at radius 2 is 2.21 bits per heavy atom. The first-order chi connectivity index (χ1) is 9.08. The summed E-state index contributed by atoms with van der Waals surface area (Å²) < 4.78 is 25.9. The van der Waals surface area contributed by atoms with Gasteiger partial charge in [-0.25, -0.2) is 8.78 Å². The third kappa shape index (κ3) is 3.50. The largest absolute Gasteiger partial charge is 0.341 e. The van der Waals surface area contributed by atoms with Gasteiger partial charge >= 0.3 is 0 Å². The van der Waals surface area contributed by atoms with Crippen LogP contribution in [0.1, 0.15) is 23.2 Å². The van der Waals surface area contributed by atoms with Crippen molar-refractivity contribution in [3.63, 3.8) is 0 Å². The topological polar surface area (TPSA) is 32.3 Å². The van der Waals surface area contributed by atoms with Crippen molar-refractivity contribution < 1.29 is 13.6 Å². The molecule has 0 aromatic heterocycles. The lowest BCUT2D eigenvalue weighted by Gasteiger charge is -2.27. The molecule has 1 aliphatic rings. The fraction of sp³-hybridized carbons (Fsp3) is 0.500. The van der Waals surface area contributed by atoms with E-state index in [9.17, 15) is 13.6 Å². The molecule has 0 radical (unpaired) electrons. The highest BCUT2D eigenvalue weighted by molar-refractivity contribution is 5.94. The van der Waals surface area contributed by atoms with Crippen molar-refractivity contribution in [1.29, 1.82) is 0 Å². The van der Waals surface area contributed by atoms with Crippen LogP contribution in [0.2, 0.25) is 0 Å². The number of hydrogen-bond acceptors (Lipinski definition) is 2. The number of benzene rings is 1. The zero-order chi connectivity index (χ0) is 13.8. The van der Waals surface area contributed by atoms with Crippen molar-refractivity contribution in [2.24, 2.45) is 5.92 Å². The number of nitrogens with zero attached hydrogens (tertiary/aromatic N) is 1. The lowest BCUT2D eigenvalue weighted by atomic mass is 9.99. The van der Waals surface area contributed by atoms with Crippen LogP contribution < -0.4 is 5.32 Å². The molecule has 1 amide bonds. The Kier molecular flexibility index (Phi) is 4.47. The maximum Gasteiger partial charge on any atom is 0.253 e. The summed E-state index contributed by atoms with van der Waals surface area (Å²) in [7, 11) is 1.69. The Morgan fingerprint density at radius 1 is 1.42 bits per heavy atom. The molecule has 1 N–H and O–H groups in total. The molecule has 3 nitrogen and oxygen atoms in total. The predicted octanol–water partition coefficient (Wildman–Crippen LogP) is 2.04. The van der Waals surface area contributed by atoms with Gasteiger partial charge in [0.25, 0.3) is 5.91 Å². The fourth-order valence-electron chi connectivity index (χ4n) is 2.40. The lowest BCUT2D eigenvalue weighted by Crippen LogP contribution is -2.39. The molecule has 1 aromatic carbocycles. The van der Waals surface area contributed by atoms with Crippen LogP contribution >= 0.6 is 0 Å². The van der Waals surface area contributed by atoms with Crippen LogP contribution in [-0.4, -0.2) is 37.5 Å². The Hall–Kier alpha value is -1.49. The van der Waals surface area contributed by atoms with Gasteiger partial charge in [0, 0.05) is 19.2 Å². The van der Waals surface area contributed by atoms with E-state index >= 15 is 0 Å². The molecule has 104 valence electrons. The normalized spacial score (nSPS) is 19.2. The molecule has 1 saturated heterocycles. The van der Waals surface area contributed by atoms with Gasteiger partial charge in [0.15, 0.2) is 11.6 Å². The number of rotatable bonds is 3. The highest BCUT2D eigenvalue weighted by Crippen LogP contribution is 2.14. The molecule has 0 spiro atoms. The van der Waals surface area contributed by atoms with E-state index in [2.05, 4.69) is 5.32 Å². The van der Waals surface area contributed by atoms with E-state index in [1.807, 2.05) is 0 Å². The van der Waals surface area contributed by atoms with Crippen LogP contribution in [-0.2, 0) is 0 Å². The first-order valence-electron chi connectivity index (χ1n) is 6.49. The molecule has 1 fully saturated rings. The Morgan fingerprint density at radius 3 is 2.84 bits per heavy atom. The van der Waals surface area contributed by atoms with E-state index in [4.69, 9.17) is 0 Å². The highest BCUT2D eigenvalue weighted by atomic mass is 19.2. The van der Waals surface area contributed by atoms with E-state index in [-0.39, 0.29) is 11.5 Å². The van der Waals surface area contributed by atoms with Crippen LogP contribution in [0.5, 0.6) is 0 Å². The van der Waals surface area contributed by atoms with Crippen LogP contribution in [0, 0.1) is 17.6 Å². The molecular formula is C14H18F2N2O. The van der Waals surface area contributed by atoms with E-state index in [1.165, 1.54) is 6.07 Å². The molecule has 1 aliphatic heterocycles. The van der Waals surface area contributed by atoms with Gasteiger partial charge in [0.1, 0.15) is 0 Å². The van der Waals surface area contributed by atoms with E-state index in [1.54, 1.807) is 11.9 Å². The summed E-state index contributed by atoms with van der Waals surface area (Å²) in [5, 5.41) is 3.29. The molecule has 0 saturated carbocycles. The number of carbonyl (C=O) groups excluding carboxylic acids is 1. The Labute approximate surface area is 111 Å². The summed E-state index contributed by atoms with van der Waals surface area (Å²) in [5.41, 5.74) is 0.185. The Balaban J connectivity index is 1.99. The van der Waals surface area contributed by atoms with Gasteiger partial charge in [0.2, 0.25) is 0 Å². The quantitative estimate of drug-likeness (QED) is 0.910. The lowest BCUT2D eigenvalue weighted by molar-refractivity contribution is 0.0764. The Bertz CT molecular complexity index is 459. The second kappa shape index (κ2) is 6.10. The standard InChI is InChI=1S/C14H18F2N2O/c1-18(9-10-3-2-6-17-8-10)14(19)11-4-5-12(15)13(16)7-11/h4-5,7,10,17H,2-3,6,8-9H2,1H3. The van der Waals surface area contributed by atoms with Gasteiger partial charge in [-0.3, -0.25) is 4.79 Å². The van der Waals surface area contributed by atoms with Gasteiger partial charge < -0.3 is 10.2 Å². The molecule has 1 unspecified atom stereocenters. The molecule has 1 heterocycles. The predicted molar refractivity (Wildman–Crippen MR) is 68.9 cm³/mol. The number of hydrogen-bond donors (Lipinski definition) is 1. The third-order valence-corrected chi connectivity index (χ3v) is 3.44. The number of nitrogens with one attached hydrogen (secondary N) is 1. The molecule has 1 atom stereocenters. The molecule has 2 rings (SSSR count). The van der Waals surface area contributed by atoms with Crippen molar-refractivity contribution in [2.75, 3.05) is 26.7 Å². The van der Waals surface area contributed by atoms with Gasteiger partial charge in [-0.05, 0) is 50.0 Å². The summed E-state index contributed by atoms with van der Waals surface area (Å²) in [6, 6.07) is 3.25. The van der Waals surface area contributed by atoms with Gasteiger partial charge in [0.05, 0.1) is 0 Å². The minimum Gasteiger partial charge on any atom is -0.341 e. The van der Waals surface area contributed by atoms with Crippen LogP contribution in [0.3, 0.4) is 0 Å². The summed E-state index contributed by atoms with van der Waals surface area (Å²) in [6.45, 7) is 2.55. The summed E-state index contributed by atoms with van der Waals surface area (Å²) in [5.74, 6) is -1.77.